The summed E-state index contributed by atoms with van der Waals surface area (Å²) >= 11 is 0. The number of hydrogen-bond acceptors (Lipinski definition) is 6. The van der Waals surface area contributed by atoms with Gasteiger partial charge < -0.3 is 14.7 Å². The van der Waals surface area contributed by atoms with Crippen molar-refractivity contribution in [2.45, 2.75) is 37.4 Å². The van der Waals surface area contributed by atoms with Crippen LogP contribution in [0.2, 0.25) is 0 Å². The summed E-state index contributed by atoms with van der Waals surface area (Å²) in [6.45, 7) is 5.06. The number of para-hydroxylation sites is 1. The Kier molecular flexibility index (Phi) is 8.89. The molecule has 0 fully saturated rings. The Labute approximate surface area is 229 Å². The van der Waals surface area contributed by atoms with Crippen LogP contribution in [0.3, 0.4) is 0 Å². The SMILES string of the molecule is C[C@@H]1CN([C@H](C)CO)C(=O)c2cccc(NS(=O)(=O)c3ccc(F)cc3)c2O[C@H]1CN(C)Cc1ccccc1. The number of hydrogen-bond donors (Lipinski definition) is 2. The van der Waals surface area contributed by atoms with Crippen molar-refractivity contribution in [1.29, 1.82) is 0 Å². The zero-order valence-electron chi connectivity index (χ0n) is 22.2. The molecule has 8 nitrogen and oxygen atoms in total. The summed E-state index contributed by atoms with van der Waals surface area (Å²) in [5.74, 6) is -0.941. The van der Waals surface area contributed by atoms with E-state index in [1.54, 1.807) is 24.0 Å². The average molecular weight is 556 g/mol. The number of amides is 1. The van der Waals surface area contributed by atoms with E-state index >= 15 is 0 Å². The number of anilines is 1. The number of aliphatic hydroxyl groups is 1. The monoisotopic (exact) mass is 555 g/mol. The molecule has 1 amide bonds. The molecule has 0 aliphatic carbocycles. The standard InChI is InChI=1S/C29H34FN3O5S/c1-20-16-33(21(2)19-34)29(35)25-10-7-11-26(31-39(36,37)24-14-12-23(30)13-15-24)28(25)38-27(20)18-32(3)17-22-8-5-4-6-9-22/h4-15,20-21,27,31,34H,16-19H2,1-3H3/t20-,21-,27+/m1/s1. The molecule has 0 saturated carbocycles. The highest BCUT2D eigenvalue weighted by Gasteiger charge is 2.35. The third kappa shape index (κ3) is 6.76. The van der Waals surface area contributed by atoms with Crippen LogP contribution in [0.25, 0.3) is 0 Å². The average Bonchev–Trinajstić information content (AvgIpc) is 2.91. The molecule has 0 spiro atoms. The van der Waals surface area contributed by atoms with Gasteiger partial charge in [-0.25, -0.2) is 12.8 Å². The summed E-state index contributed by atoms with van der Waals surface area (Å²) in [5, 5.41) is 9.88. The molecule has 4 rings (SSSR count). The van der Waals surface area contributed by atoms with E-state index in [1.165, 1.54) is 18.2 Å². The third-order valence-electron chi connectivity index (χ3n) is 6.85. The highest BCUT2D eigenvalue weighted by molar-refractivity contribution is 7.92. The minimum atomic E-state index is -4.10. The molecule has 3 atom stereocenters. The van der Waals surface area contributed by atoms with Crippen LogP contribution in [0, 0.1) is 11.7 Å². The Bertz CT molecular complexity index is 1390. The van der Waals surface area contributed by atoms with E-state index in [2.05, 4.69) is 9.62 Å². The van der Waals surface area contributed by atoms with Crippen molar-refractivity contribution in [3.63, 3.8) is 0 Å². The molecule has 10 heteroatoms. The van der Waals surface area contributed by atoms with E-state index < -0.39 is 28.0 Å². The van der Waals surface area contributed by atoms with Crippen molar-refractivity contribution in [1.82, 2.24) is 9.80 Å². The van der Waals surface area contributed by atoms with Gasteiger partial charge in [0.2, 0.25) is 0 Å². The van der Waals surface area contributed by atoms with Crippen molar-refractivity contribution in [3.8, 4) is 5.75 Å². The minimum absolute atomic E-state index is 0.103. The summed E-state index contributed by atoms with van der Waals surface area (Å²) in [7, 11) is -2.13. The number of carbonyl (C=O) groups is 1. The minimum Gasteiger partial charge on any atom is -0.486 e. The maximum atomic E-state index is 13.6. The first-order valence-corrected chi connectivity index (χ1v) is 14.3. The molecule has 1 aliphatic heterocycles. The summed E-state index contributed by atoms with van der Waals surface area (Å²) in [6.07, 6.45) is -0.407. The number of rotatable bonds is 9. The first-order valence-electron chi connectivity index (χ1n) is 12.8. The van der Waals surface area contributed by atoms with E-state index in [4.69, 9.17) is 4.74 Å². The topological polar surface area (TPSA) is 99.2 Å². The van der Waals surface area contributed by atoms with Crippen molar-refractivity contribution < 1.29 is 27.4 Å². The summed E-state index contributed by atoms with van der Waals surface area (Å²) in [6, 6.07) is 18.7. The molecule has 39 heavy (non-hydrogen) atoms. The Morgan fingerprint density at radius 1 is 1.10 bits per heavy atom. The van der Waals surface area contributed by atoms with E-state index in [0.717, 1.165) is 17.7 Å². The molecule has 3 aromatic carbocycles. The third-order valence-corrected chi connectivity index (χ3v) is 8.23. The first kappa shape index (κ1) is 28.5. The van der Waals surface area contributed by atoms with Gasteiger partial charge in [0, 0.05) is 25.6 Å². The smallest absolute Gasteiger partial charge is 0.262 e. The zero-order chi connectivity index (χ0) is 28.2. The number of sulfonamides is 1. The number of fused-ring (bicyclic) bond motifs is 1. The summed E-state index contributed by atoms with van der Waals surface area (Å²) in [4.78, 5) is 17.2. The maximum Gasteiger partial charge on any atom is 0.262 e. The number of likely N-dealkylation sites (N-methyl/N-ethyl adjacent to an activating group) is 1. The van der Waals surface area contributed by atoms with Crippen LogP contribution < -0.4 is 9.46 Å². The van der Waals surface area contributed by atoms with Crippen molar-refractivity contribution in [2.75, 3.05) is 31.5 Å². The van der Waals surface area contributed by atoms with Crippen LogP contribution in [0.15, 0.2) is 77.7 Å². The fourth-order valence-corrected chi connectivity index (χ4v) is 5.69. The Balaban J connectivity index is 1.71. The highest BCUT2D eigenvalue weighted by Crippen LogP contribution is 2.36. The van der Waals surface area contributed by atoms with E-state index in [1.807, 2.05) is 44.3 Å². The fraction of sp³-hybridized carbons (Fsp3) is 0.345. The molecular formula is C29H34FN3O5S. The lowest BCUT2D eigenvalue weighted by molar-refractivity contribution is 0.0344. The number of ether oxygens (including phenoxy) is 1. The van der Waals surface area contributed by atoms with Crippen LogP contribution in [0.4, 0.5) is 10.1 Å². The number of carbonyl (C=O) groups excluding carboxylic acids is 1. The number of aliphatic hydroxyl groups excluding tert-OH is 1. The molecule has 2 N–H and O–H groups in total. The summed E-state index contributed by atoms with van der Waals surface area (Å²) in [5.41, 5.74) is 1.43. The maximum absolute atomic E-state index is 13.6. The molecule has 0 bridgehead atoms. The van der Waals surface area contributed by atoms with Crippen LogP contribution in [-0.2, 0) is 16.6 Å². The van der Waals surface area contributed by atoms with Crippen LogP contribution in [0.1, 0.15) is 29.8 Å². The molecule has 3 aromatic rings. The van der Waals surface area contributed by atoms with Crippen molar-refractivity contribution in [2.24, 2.45) is 5.92 Å². The lowest BCUT2D eigenvalue weighted by Gasteiger charge is -2.38. The summed E-state index contributed by atoms with van der Waals surface area (Å²) < 4.78 is 48.7. The largest absolute Gasteiger partial charge is 0.486 e. The second-order valence-corrected chi connectivity index (χ2v) is 11.7. The quantitative estimate of drug-likeness (QED) is 0.415. The number of nitrogens with one attached hydrogen (secondary N) is 1. The van der Waals surface area contributed by atoms with Gasteiger partial charge in [0.15, 0.2) is 5.75 Å². The van der Waals surface area contributed by atoms with Gasteiger partial charge in [-0.1, -0.05) is 43.3 Å². The van der Waals surface area contributed by atoms with Gasteiger partial charge in [0.1, 0.15) is 11.9 Å². The number of benzene rings is 3. The molecule has 0 saturated heterocycles. The first-order chi connectivity index (χ1) is 18.6. The van der Waals surface area contributed by atoms with Gasteiger partial charge >= 0.3 is 0 Å². The van der Waals surface area contributed by atoms with Crippen LogP contribution in [-0.4, -0.2) is 68.1 Å². The van der Waals surface area contributed by atoms with E-state index in [-0.39, 0.29) is 40.3 Å². The molecule has 1 heterocycles. The molecule has 0 unspecified atom stereocenters. The van der Waals surface area contributed by atoms with Gasteiger partial charge in [0.05, 0.1) is 28.8 Å². The molecule has 208 valence electrons. The highest BCUT2D eigenvalue weighted by atomic mass is 32.2. The Hall–Kier alpha value is -3.47. The predicted molar refractivity (Wildman–Crippen MR) is 148 cm³/mol. The fourth-order valence-electron chi connectivity index (χ4n) is 4.63. The van der Waals surface area contributed by atoms with E-state index in [0.29, 0.717) is 19.6 Å². The van der Waals surface area contributed by atoms with Crippen LogP contribution in [0.5, 0.6) is 5.75 Å². The van der Waals surface area contributed by atoms with Crippen molar-refractivity contribution >= 4 is 21.6 Å². The number of nitrogens with zero attached hydrogens (tertiary/aromatic N) is 2. The zero-order valence-corrected chi connectivity index (χ0v) is 23.1. The molecule has 0 aromatic heterocycles. The lowest BCUT2D eigenvalue weighted by atomic mass is 9.99. The van der Waals surface area contributed by atoms with E-state index in [9.17, 15) is 22.7 Å². The molecular weight excluding hydrogens is 521 g/mol. The van der Waals surface area contributed by atoms with Gasteiger partial charge in [-0.15, -0.1) is 0 Å². The lowest BCUT2D eigenvalue weighted by Crippen LogP contribution is -2.49. The Morgan fingerprint density at radius 3 is 2.46 bits per heavy atom. The second-order valence-electron chi connectivity index (χ2n) is 10.0. The van der Waals surface area contributed by atoms with Gasteiger partial charge in [0.25, 0.3) is 15.9 Å². The Morgan fingerprint density at radius 2 is 1.79 bits per heavy atom. The van der Waals surface area contributed by atoms with Gasteiger partial charge in [-0.05, 0) is 55.9 Å². The normalized spacial score (nSPS) is 18.6. The van der Waals surface area contributed by atoms with Gasteiger partial charge in [-0.3, -0.25) is 14.4 Å². The second kappa shape index (κ2) is 12.1. The van der Waals surface area contributed by atoms with Crippen molar-refractivity contribution in [3.05, 3.63) is 89.7 Å². The van der Waals surface area contributed by atoms with Gasteiger partial charge in [-0.2, -0.15) is 0 Å². The predicted octanol–water partition coefficient (Wildman–Crippen LogP) is 3.98. The molecule has 1 aliphatic rings. The number of halogens is 1. The molecule has 0 radical (unpaired) electrons. The van der Waals surface area contributed by atoms with Crippen LogP contribution >= 0.6 is 0 Å².